The van der Waals surface area contributed by atoms with Gasteiger partial charge in [-0.2, -0.15) is 0 Å². The van der Waals surface area contributed by atoms with E-state index in [-0.39, 0.29) is 11.5 Å². The van der Waals surface area contributed by atoms with E-state index in [4.69, 9.17) is 0 Å². The van der Waals surface area contributed by atoms with Crippen LogP contribution >= 0.6 is 0 Å². The van der Waals surface area contributed by atoms with Crippen LogP contribution in [0.25, 0.3) is 0 Å². The number of benzene rings is 1. The van der Waals surface area contributed by atoms with Gasteiger partial charge in [-0.25, -0.2) is 0 Å². The Kier molecular flexibility index (Phi) is 3.56. The molecule has 0 aliphatic heterocycles. The van der Waals surface area contributed by atoms with Crippen molar-refractivity contribution in [2.75, 3.05) is 0 Å². The third-order valence-corrected chi connectivity index (χ3v) is 2.81. The van der Waals surface area contributed by atoms with Crippen LogP contribution in [0.3, 0.4) is 0 Å². The first-order chi connectivity index (χ1) is 6.81. The highest BCUT2D eigenvalue weighted by Crippen LogP contribution is 2.31. The molecule has 0 spiro atoms. The maximum absolute atomic E-state index is 10.2. The summed E-state index contributed by atoms with van der Waals surface area (Å²) in [6.07, 6.45) is 0.460. The highest BCUT2D eigenvalue weighted by Gasteiger charge is 2.19. The number of rotatable bonds is 2. The van der Waals surface area contributed by atoms with Crippen LogP contribution in [0.2, 0.25) is 0 Å². The van der Waals surface area contributed by atoms with Crippen molar-refractivity contribution < 1.29 is 5.11 Å². The topological polar surface area (TPSA) is 20.2 Å². The Balaban J connectivity index is 2.92. The molecular formula is C14H22O. The summed E-state index contributed by atoms with van der Waals surface area (Å²) in [5.74, 6) is 0. The lowest BCUT2D eigenvalue weighted by molar-refractivity contribution is 0.122. The second-order valence-electron chi connectivity index (χ2n) is 5.57. The van der Waals surface area contributed by atoms with Crippen LogP contribution in [0.1, 0.15) is 50.0 Å². The summed E-state index contributed by atoms with van der Waals surface area (Å²) in [5.41, 5.74) is 3.70. The minimum atomic E-state index is -0.343. The predicted octanol–water partition coefficient (Wildman–Crippen LogP) is 3.77. The molecule has 1 unspecified atom stereocenters. The first kappa shape index (κ1) is 12.3. The molecule has 0 aliphatic carbocycles. The maximum atomic E-state index is 10.2. The van der Waals surface area contributed by atoms with Crippen molar-refractivity contribution in [3.8, 4) is 0 Å². The summed E-state index contributed by atoms with van der Waals surface area (Å²) in [6.45, 7) is 10.6. The van der Waals surface area contributed by atoms with Gasteiger partial charge in [-0.3, -0.25) is 0 Å². The lowest BCUT2D eigenvalue weighted by atomic mass is 9.85. The van der Waals surface area contributed by atoms with Gasteiger partial charge in [0.15, 0.2) is 0 Å². The zero-order valence-electron chi connectivity index (χ0n) is 10.5. The van der Waals surface area contributed by atoms with Gasteiger partial charge in [0.25, 0.3) is 0 Å². The molecule has 0 saturated carbocycles. The summed E-state index contributed by atoms with van der Waals surface area (Å²) < 4.78 is 0. The molecule has 1 aromatic carbocycles. The molecule has 0 aromatic heterocycles. The SMILES string of the molecule is Cc1cccc(C(O)CC(C)(C)C)c1C. The van der Waals surface area contributed by atoms with Gasteiger partial charge in [0, 0.05) is 0 Å². The third-order valence-electron chi connectivity index (χ3n) is 2.81. The minimum absolute atomic E-state index is 0.162. The van der Waals surface area contributed by atoms with E-state index >= 15 is 0 Å². The van der Waals surface area contributed by atoms with Crippen molar-refractivity contribution in [1.29, 1.82) is 0 Å². The molecule has 15 heavy (non-hydrogen) atoms. The molecule has 0 bridgehead atoms. The average molecular weight is 206 g/mol. The van der Waals surface area contributed by atoms with Crippen molar-refractivity contribution in [3.63, 3.8) is 0 Å². The lowest BCUT2D eigenvalue weighted by Gasteiger charge is -2.24. The van der Waals surface area contributed by atoms with Gasteiger partial charge < -0.3 is 5.11 Å². The van der Waals surface area contributed by atoms with Gasteiger partial charge in [0.2, 0.25) is 0 Å². The van der Waals surface area contributed by atoms with Gasteiger partial charge >= 0.3 is 0 Å². The predicted molar refractivity (Wildman–Crippen MR) is 64.9 cm³/mol. The van der Waals surface area contributed by atoms with Crippen LogP contribution in [0.5, 0.6) is 0 Å². The summed E-state index contributed by atoms with van der Waals surface area (Å²) in [6, 6.07) is 6.13. The number of aryl methyl sites for hydroxylation is 1. The van der Waals surface area contributed by atoms with Crippen molar-refractivity contribution in [3.05, 3.63) is 34.9 Å². The van der Waals surface area contributed by atoms with Gasteiger partial charge in [-0.05, 0) is 42.4 Å². The molecule has 0 aliphatic rings. The second-order valence-corrected chi connectivity index (χ2v) is 5.57. The first-order valence-corrected chi connectivity index (χ1v) is 5.55. The van der Waals surface area contributed by atoms with Crippen molar-refractivity contribution in [2.45, 2.75) is 47.1 Å². The molecule has 1 heteroatoms. The zero-order valence-corrected chi connectivity index (χ0v) is 10.5. The monoisotopic (exact) mass is 206 g/mol. The molecule has 0 fully saturated rings. The molecule has 0 radical (unpaired) electrons. The van der Waals surface area contributed by atoms with Crippen LogP contribution in [0.4, 0.5) is 0 Å². The molecule has 0 amide bonds. The van der Waals surface area contributed by atoms with Crippen molar-refractivity contribution >= 4 is 0 Å². The standard InChI is InChI=1S/C14H22O/c1-10-7-6-8-12(11(10)2)13(15)9-14(3,4)5/h6-8,13,15H,9H2,1-5H3. The van der Waals surface area contributed by atoms with Gasteiger partial charge in [0.1, 0.15) is 0 Å². The molecule has 0 heterocycles. The Morgan fingerprint density at radius 2 is 1.80 bits per heavy atom. The second kappa shape index (κ2) is 4.36. The number of hydrogen-bond acceptors (Lipinski definition) is 1. The summed E-state index contributed by atoms with van der Waals surface area (Å²) in [4.78, 5) is 0. The Morgan fingerprint density at radius 3 is 2.33 bits per heavy atom. The fourth-order valence-electron chi connectivity index (χ4n) is 1.82. The normalized spacial score (nSPS) is 14.0. The zero-order chi connectivity index (χ0) is 11.6. The van der Waals surface area contributed by atoms with Gasteiger partial charge in [-0.15, -0.1) is 0 Å². The fourth-order valence-corrected chi connectivity index (χ4v) is 1.82. The van der Waals surface area contributed by atoms with Crippen molar-refractivity contribution in [2.24, 2.45) is 5.41 Å². The third kappa shape index (κ3) is 3.35. The Morgan fingerprint density at radius 1 is 1.20 bits per heavy atom. The molecule has 1 aromatic rings. The Bertz CT molecular complexity index is 334. The number of aliphatic hydroxyl groups is 1. The molecule has 1 nitrogen and oxygen atoms in total. The number of aliphatic hydroxyl groups excluding tert-OH is 1. The summed E-state index contributed by atoms with van der Waals surface area (Å²) in [7, 11) is 0. The lowest BCUT2D eigenvalue weighted by Crippen LogP contribution is -2.12. The molecule has 84 valence electrons. The largest absolute Gasteiger partial charge is 0.388 e. The van der Waals surface area contributed by atoms with Crippen LogP contribution < -0.4 is 0 Å². The van der Waals surface area contributed by atoms with Crippen molar-refractivity contribution in [1.82, 2.24) is 0 Å². The summed E-state index contributed by atoms with van der Waals surface area (Å²) >= 11 is 0. The Labute approximate surface area is 93.1 Å². The van der Waals surface area contributed by atoms with Crippen LogP contribution in [0.15, 0.2) is 18.2 Å². The quantitative estimate of drug-likeness (QED) is 0.781. The molecule has 1 rings (SSSR count). The smallest absolute Gasteiger partial charge is 0.0797 e. The minimum Gasteiger partial charge on any atom is -0.388 e. The maximum Gasteiger partial charge on any atom is 0.0797 e. The van der Waals surface area contributed by atoms with Crippen LogP contribution in [0, 0.1) is 19.3 Å². The molecule has 1 N–H and O–H groups in total. The van der Waals surface area contributed by atoms with E-state index in [1.165, 1.54) is 11.1 Å². The van der Waals surface area contributed by atoms with Gasteiger partial charge in [-0.1, -0.05) is 39.0 Å². The van der Waals surface area contributed by atoms with Gasteiger partial charge in [0.05, 0.1) is 6.10 Å². The van der Waals surface area contributed by atoms with E-state index in [0.29, 0.717) is 0 Å². The molecular weight excluding hydrogens is 184 g/mol. The highest BCUT2D eigenvalue weighted by molar-refractivity contribution is 5.34. The summed E-state index contributed by atoms with van der Waals surface area (Å²) in [5, 5.41) is 10.2. The van der Waals surface area contributed by atoms with Crippen LogP contribution in [-0.2, 0) is 0 Å². The highest BCUT2D eigenvalue weighted by atomic mass is 16.3. The molecule has 1 atom stereocenters. The first-order valence-electron chi connectivity index (χ1n) is 5.55. The van der Waals surface area contributed by atoms with E-state index < -0.39 is 0 Å². The van der Waals surface area contributed by atoms with Crippen LogP contribution in [-0.4, -0.2) is 5.11 Å². The van der Waals surface area contributed by atoms with E-state index in [0.717, 1.165) is 12.0 Å². The fraction of sp³-hybridized carbons (Fsp3) is 0.571. The van der Waals surface area contributed by atoms with E-state index in [1.54, 1.807) is 0 Å². The van der Waals surface area contributed by atoms with E-state index in [1.807, 2.05) is 12.1 Å². The van der Waals surface area contributed by atoms with E-state index in [9.17, 15) is 5.11 Å². The Hall–Kier alpha value is -0.820. The van der Waals surface area contributed by atoms with E-state index in [2.05, 4.69) is 40.7 Å². The number of hydrogen-bond donors (Lipinski definition) is 1. The molecule has 0 saturated heterocycles. The average Bonchev–Trinajstić information content (AvgIpc) is 2.06.